The third kappa shape index (κ3) is 4.50. The zero-order valence-corrected chi connectivity index (χ0v) is 14.8. The lowest BCUT2D eigenvalue weighted by Gasteiger charge is -2.38. The molecule has 0 bridgehead atoms. The van der Waals surface area contributed by atoms with Crippen LogP contribution < -0.4 is 4.74 Å². The molecule has 10 nitrogen and oxygen atoms in total. The van der Waals surface area contributed by atoms with Crippen LogP contribution in [0, 0.1) is 0 Å². The van der Waals surface area contributed by atoms with Gasteiger partial charge in [0.2, 0.25) is 5.88 Å². The molecule has 0 saturated carbocycles. The zero-order chi connectivity index (χ0) is 18.6. The number of halogens is 1. The average Bonchev–Trinajstić information content (AvgIpc) is 2.59. The number of amides is 2. The van der Waals surface area contributed by atoms with Crippen molar-refractivity contribution in [3.05, 3.63) is 22.3 Å². The number of hydrogen-bond acceptors (Lipinski definition) is 6. The Kier molecular flexibility index (Phi) is 6.02. The Morgan fingerprint density at radius 2 is 2.00 bits per heavy atom. The van der Waals surface area contributed by atoms with Crippen LogP contribution in [-0.4, -0.2) is 82.5 Å². The highest BCUT2D eigenvalue weighted by Gasteiger charge is 2.33. The summed E-state index contributed by atoms with van der Waals surface area (Å²) in [6, 6.07) is 2.30. The predicted molar refractivity (Wildman–Crippen MR) is 86.9 cm³/mol. The molecule has 2 N–H and O–H groups in total. The number of piperazine rings is 1. The highest BCUT2D eigenvalue weighted by Crippen LogP contribution is 2.24. The third-order valence-electron chi connectivity index (χ3n) is 3.62. The predicted octanol–water partition coefficient (Wildman–Crippen LogP) is 1.35. The number of esters is 1. The van der Waals surface area contributed by atoms with Crippen molar-refractivity contribution >= 4 is 34.1 Å². The Hall–Kier alpha value is -2.56. The van der Waals surface area contributed by atoms with Gasteiger partial charge >= 0.3 is 18.2 Å². The number of rotatable bonds is 4. The molecule has 2 amide bonds. The fraction of sp³-hybridized carbons (Fsp3) is 0.429. The van der Waals surface area contributed by atoms with Gasteiger partial charge in [0.05, 0.1) is 17.6 Å². The summed E-state index contributed by atoms with van der Waals surface area (Å²) in [5, 5.41) is 18.3. The van der Waals surface area contributed by atoms with Crippen molar-refractivity contribution in [2.75, 3.05) is 33.4 Å². The minimum Gasteiger partial charge on any atom is -0.475 e. The Morgan fingerprint density at radius 3 is 2.60 bits per heavy atom. The summed E-state index contributed by atoms with van der Waals surface area (Å²) in [6.45, 7) is 0.00656. The SMILES string of the molecule is COC(=O)c1ccc(Br)c(OC[C@H]2CN(C(=O)O)CCN2C(=O)O)n1. The Balaban J connectivity index is 2.12. The minimum atomic E-state index is -1.16. The van der Waals surface area contributed by atoms with E-state index in [1.165, 1.54) is 13.2 Å². The maximum Gasteiger partial charge on any atom is 0.407 e. The van der Waals surface area contributed by atoms with Gasteiger partial charge in [0, 0.05) is 19.6 Å². The van der Waals surface area contributed by atoms with Gasteiger partial charge in [-0.15, -0.1) is 0 Å². The van der Waals surface area contributed by atoms with E-state index >= 15 is 0 Å². The van der Waals surface area contributed by atoms with E-state index in [4.69, 9.17) is 9.84 Å². The standard InChI is InChI=1S/C14H16BrN3O7/c1-24-12(19)10-3-2-9(15)11(16-10)25-7-8-6-17(13(20)21)4-5-18(8)14(22)23/h2-3,8H,4-7H2,1H3,(H,20,21)(H,22,23)/t8-/m1/s1. The maximum atomic E-state index is 11.5. The molecule has 1 aliphatic rings. The van der Waals surface area contributed by atoms with Gasteiger partial charge in [-0.3, -0.25) is 4.90 Å². The van der Waals surface area contributed by atoms with Crippen molar-refractivity contribution in [3.63, 3.8) is 0 Å². The lowest BCUT2D eigenvalue weighted by Crippen LogP contribution is -2.58. The molecule has 1 fully saturated rings. The van der Waals surface area contributed by atoms with Crippen LogP contribution in [0.1, 0.15) is 10.5 Å². The number of nitrogens with zero attached hydrogens (tertiary/aromatic N) is 3. The zero-order valence-electron chi connectivity index (χ0n) is 13.2. The van der Waals surface area contributed by atoms with Crippen LogP contribution in [0.5, 0.6) is 5.88 Å². The highest BCUT2D eigenvalue weighted by molar-refractivity contribution is 9.10. The van der Waals surface area contributed by atoms with E-state index < -0.39 is 24.2 Å². The normalized spacial score (nSPS) is 17.1. The summed E-state index contributed by atoms with van der Waals surface area (Å²) < 4.78 is 10.6. The van der Waals surface area contributed by atoms with E-state index in [0.29, 0.717) is 4.47 Å². The van der Waals surface area contributed by atoms with Crippen LogP contribution in [0.2, 0.25) is 0 Å². The lowest BCUT2D eigenvalue weighted by atomic mass is 10.2. The first-order chi connectivity index (χ1) is 11.8. The van der Waals surface area contributed by atoms with Crippen LogP contribution in [0.15, 0.2) is 16.6 Å². The van der Waals surface area contributed by atoms with Crippen LogP contribution in [0.3, 0.4) is 0 Å². The topological polar surface area (TPSA) is 130 Å². The summed E-state index contributed by atoms with van der Waals surface area (Å²) >= 11 is 3.23. The Bertz CT molecular complexity index is 684. The molecule has 1 aromatic rings. The van der Waals surface area contributed by atoms with Gasteiger partial charge < -0.3 is 24.6 Å². The summed E-state index contributed by atoms with van der Waals surface area (Å²) in [5.41, 5.74) is 0.0339. The first-order valence-corrected chi connectivity index (χ1v) is 7.98. The molecule has 136 valence electrons. The molecule has 0 unspecified atom stereocenters. The number of hydrogen-bond donors (Lipinski definition) is 2. The second-order valence-corrected chi connectivity index (χ2v) is 6.00. The van der Waals surface area contributed by atoms with Crippen molar-refractivity contribution in [3.8, 4) is 5.88 Å². The largest absolute Gasteiger partial charge is 0.475 e. The lowest BCUT2D eigenvalue weighted by molar-refractivity contribution is 0.0452. The fourth-order valence-corrected chi connectivity index (χ4v) is 2.68. The van der Waals surface area contributed by atoms with E-state index in [2.05, 4.69) is 25.7 Å². The van der Waals surface area contributed by atoms with E-state index in [9.17, 15) is 19.5 Å². The van der Waals surface area contributed by atoms with Gasteiger partial charge in [-0.1, -0.05) is 0 Å². The summed E-state index contributed by atoms with van der Waals surface area (Å²) in [7, 11) is 1.22. The smallest absolute Gasteiger partial charge is 0.407 e. The van der Waals surface area contributed by atoms with Crippen molar-refractivity contribution in [2.24, 2.45) is 0 Å². The molecule has 1 aliphatic heterocycles. The highest BCUT2D eigenvalue weighted by atomic mass is 79.9. The molecular formula is C14H16BrN3O7. The van der Waals surface area contributed by atoms with Crippen molar-refractivity contribution in [1.82, 2.24) is 14.8 Å². The molecule has 0 aromatic carbocycles. The first kappa shape index (κ1) is 18.8. The quantitative estimate of drug-likeness (QED) is 0.702. The molecular weight excluding hydrogens is 402 g/mol. The van der Waals surface area contributed by atoms with Gasteiger partial charge in [0.15, 0.2) is 5.69 Å². The molecule has 1 atom stereocenters. The van der Waals surface area contributed by atoms with Gasteiger partial charge in [-0.05, 0) is 28.1 Å². The number of pyridine rings is 1. The maximum absolute atomic E-state index is 11.5. The second kappa shape index (κ2) is 8.01. The molecule has 0 radical (unpaired) electrons. The van der Waals surface area contributed by atoms with Crippen LogP contribution in [-0.2, 0) is 4.74 Å². The van der Waals surface area contributed by atoms with Crippen LogP contribution >= 0.6 is 15.9 Å². The average molecular weight is 418 g/mol. The molecule has 2 rings (SSSR count). The summed E-state index contributed by atoms with van der Waals surface area (Å²) in [5.74, 6) is -0.556. The molecule has 2 heterocycles. The number of carbonyl (C=O) groups is 3. The fourth-order valence-electron chi connectivity index (χ4n) is 2.34. The third-order valence-corrected chi connectivity index (χ3v) is 4.22. The second-order valence-electron chi connectivity index (χ2n) is 5.14. The van der Waals surface area contributed by atoms with Gasteiger partial charge in [0.25, 0.3) is 0 Å². The van der Waals surface area contributed by atoms with E-state index in [1.54, 1.807) is 6.07 Å². The molecule has 25 heavy (non-hydrogen) atoms. The summed E-state index contributed by atoms with van der Waals surface area (Å²) in [4.78, 5) is 40.2. The van der Waals surface area contributed by atoms with Gasteiger partial charge in [-0.25, -0.2) is 19.4 Å². The van der Waals surface area contributed by atoms with Crippen molar-refractivity contribution in [2.45, 2.75) is 6.04 Å². The van der Waals surface area contributed by atoms with Crippen LogP contribution in [0.25, 0.3) is 0 Å². The Morgan fingerprint density at radius 1 is 1.28 bits per heavy atom. The summed E-state index contributed by atoms with van der Waals surface area (Å²) in [6.07, 6.45) is -2.28. The molecule has 0 spiro atoms. The molecule has 1 aromatic heterocycles. The molecule has 11 heteroatoms. The van der Waals surface area contributed by atoms with E-state index in [1.807, 2.05) is 0 Å². The van der Waals surface area contributed by atoms with E-state index in [-0.39, 0.29) is 37.8 Å². The number of carbonyl (C=O) groups excluding carboxylic acids is 1. The van der Waals surface area contributed by atoms with Crippen molar-refractivity contribution < 1.29 is 34.1 Å². The first-order valence-electron chi connectivity index (χ1n) is 7.18. The van der Waals surface area contributed by atoms with Gasteiger partial charge in [-0.2, -0.15) is 0 Å². The number of methoxy groups -OCH3 is 1. The molecule has 1 saturated heterocycles. The van der Waals surface area contributed by atoms with Crippen LogP contribution in [0.4, 0.5) is 9.59 Å². The minimum absolute atomic E-state index is 0.0179. The Labute approximate surface area is 151 Å². The molecule has 0 aliphatic carbocycles. The number of aromatic nitrogens is 1. The monoisotopic (exact) mass is 417 g/mol. The van der Waals surface area contributed by atoms with Crippen molar-refractivity contribution in [1.29, 1.82) is 0 Å². The number of carboxylic acid groups (broad SMARTS) is 2. The number of ether oxygens (including phenoxy) is 2. The van der Waals surface area contributed by atoms with E-state index in [0.717, 1.165) is 9.80 Å². The van der Waals surface area contributed by atoms with Gasteiger partial charge in [0.1, 0.15) is 6.61 Å².